The van der Waals surface area contributed by atoms with Gasteiger partial charge in [-0.3, -0.25) is 9.88 Å². The molecule has 4 rings (SSSR count). The minimum absolute atomic E-state index is 0.160. The third kappa shape index (κ3) is 2.14. The molecular weight excluding hydrogens is 266 g/mol. The standard InChI is InChI=1S/C16H17N3O2/c20-16(21)19-10-13-7-14(19)9-18(13)8-12-6-5-11-3-1-2-4-15(11)17-12/h1-6,13-14H,7-10H2,(H,20,21)/t13-,14-/m0/s1. The summed E-state index contributed by atoms with van der Waals surface area (Å²) in [6.07, 6.45) is 0.172. The summed E-state index contributed by atoms with van der Waals surface area (Å²) in [5.41, 5.74) is 2.08. The van der Waals surface area contributed by atoms with E-state index in [1.165, 1.54) is 0 Å². The van der Waals surface area contributed by atoms with E-state index in [-0.39, 0.29) is 6.04 Å². The summed E-state index contributed by atoms with van der Waals surface area (Å²) in [4.78, 5) is 19.7. The Morgan fingerprint density at radius 1 is 1.19 bits per heavy atom. The second kappa shape index (κ2) is 4.70. The van der Waals surface area contributed by atoms with Crippen LogP contribution < -0.4 is 0 Å². The van der Waals surface area contributed by atoms with Crippen molar-refractivity contribution in [3.05, 3.63) is 42.1 Å². The van der Waals surface area contributed by atoms with Gasteiger partial charge in [-0.1, -0.05) is 24.3 Å². The largest absolute Gasteiger partial charge is 0.465 e. The number of hydrogen-bond acceptors (Lipinski definition) is 3. The van der Waals surface area contributed by atoms with Gasteiger partial charge >= 0.3 is 6.09 Å². The number of pyridine rings is 1. The van der Waals surface area contributed by atoms with Crippen LogP contribution in [0.15, 0.2) is 36.4 Å². The van der Waals surface area contributed by atoms with Gasteiger partial charge in [0.05, 0.1) is 11.2 Å². The molecule has 2 saturated heterocycles. The number of carboxylic acid groups (broad SMARTS) is 1. The van der Waals surface area contributed by atoms with Crippen LogP contribution >= 0.6 is 0 Å². The van der Waals surface area contributed by atoms with E-state index < -0.39 is 6.09 Å². The van der Waals surface area contributed by atoms with Crippen LogP contribution in [0.3, 0.4) is 0 Å². The first-order chi connectivity index (χ1) is 10.2. The first-order valence-corrected chi connectivity index (χ1v) is 7.29. The Hall–Kier alpha value is -2.14. The number of hydrogen-bond donors (Lipinski definition) is 1. The fourth-order valence-electron chi connectivity index (χ4n) is 3.58. The second-order valence-electron chi connectivity index (χ2n) is 5.90. The summed E-state index contributed by atoms with van der Waals surface area (Å²) in [5.74, 6) is 0. The van der Waals surface area contributed by atoms with Crippen molar-refractivity contribution < 1.29 is 9.90 Å². The van der Waals surface area contributed by atoms with E-state index in [0.29, 0.717) is 12.6 Å². The molecule has 0 spiro atoms. The van der Waals surface area contributed by atoms with Crippen molar-refractivity contribution >= 4 is 17.0 Å². The zero-order chi connectivity index (χ0) is 14.4. The van der Waals surface area contributed by atoms with Crippen molar-refractivity contribution in [3.8, 4) is 0 Å². The molecule has 2 aromatic rings. The van der Waals surface area contributed by atoms with Crippen molar-refractivity contribution in [1.82, 2.24) is 14.8 Å². The minimum Gasteiger partial charge on any atom is -0.465 e. The van der Waals surface area contributed by atoms with E-state index in [1.807, 2.05) is 18.2 Å². The molecule has 2 aliphatic rings. The predicted octanol–water partition coefficient (Wildman–Crippen LogP) is 2.17. The lowest BCUT2D eigenvalue weighted by molar-refractivity contribution is 0.0998. The van der Waals surface area contributed by atoms with Crippen LogP contribution in [0.25, 0.3) is 10.9 Å². The van der Waals surface area contributed by atoms with Crippen LogP contribution in [0.5, 0.6) is 0 Å². The van der Waals surface area contributed by atoms with E-state index in [9.17, 15) is 4.79 Å². The summed E-state index contributed by atoms with van der Waals surface area (Å²) >= 11 is 0. The molecule has 5 nitrogen and oxygen atoms in total. The molecule has 2 bridgehead atoms. The lowest BCUT2D eigenvalue weighted by atomic mass is 10.2. The maximum absolute atomic E-state index is 11.1. The summed E-state index contributed by atoms with van der Waals surface area (Å²) < 4.78 is 0. The molecular formula is C16H17N3O2. The van der Waals surface area contributed by atoms with Gasteiger partial charge in [0.15, 0.2) is 0 Å². The zero-order valence-electron chi connectivity index (χ0n) is 11.6. The van der Waals surface area contributed by atoms with Crippen LogP contribution in [-0.2, 0) is 6.54 Å². The van der Waals surface area contributed by atoms with Gasteiger partial charge in [-0.05, 0) is 18.6 Å². The van der Waals surface area contributed by atoms with Gasteiger partial charge in [0.1, 0.15) is 0 Å². The number of piperazine rings is 1. The van der Waals surface area contributed by atoms with Crippen LogP contribution in [0.4, 0.5) is 4.79 Å². The summed E-state index contributed by atoms with van der Waals surface area (Å²) in [7, 11) is 0. The number of nitrogens with zero attached hydrogens (tertiary/aromatic N) is 3. The minimum atomic E-state index is -0.786. The molecule has 3 heterocycles. The van der Waals surface area contributed by atoms with Crippen LogP contribution in [0.1, 0.15) is 12.1 Å². The molecule has 1 N–H and O–H groups in total. The molecule has 108 valence electrons. The van der Waals surface area contributed by atoms with Gasteiger partial charge < -0.3 is 10.0 Å². The summed E-state index contributed by atoms with van der Waals surface area (Å²) in [5, 5.41) is 10.3. The molecule has 2 aliphatic heterocycles. The number of para-hydroxylation sites is 1. The number of likely N-dealkylation sites (tertiary alicyclic amines) is 2. The SMILES string of the molecule is O=C(O)N1C[C@@H]2C[C@H]1CN2Cc1ccc2ccccc2n1. The van der Waals surface area contributed by atoms with Crippen LogP contribution in [0.2, 0.25) is 0 Å². The second-order valence-corrected chi connectivity index (χ2v) is 5.90. The van der Waals surface area contributed by atoms with E-state index in [0.717, 1.165) is 36.1 Å². The zero-order valence-corrected chi connectivity index (χ0v) is 11.6. The van der Waals surface area contributed by atoms with Gasteiger partial charge in [-0.2, -0.15) is 0 Å². The average molecular weight is 283 g/mol. The first-order valence-electron chi connectivity index (χ1n) is 7.29. The molecule has 2 atom stereocenters. The average Bonchev–Trinajstić information content (AvgIpc) is 3.07. The molecule has 0 unspecified atom stereocenters. The predicted molar refractivity (Wildman–Crippen MR) is 79.1 cm³/mol. The topological polar surface area (TPSA) is 56.7 Å². The number of rotatable bonds is 2. The Labute approximate surface area is 122 Å². The number of aromatic nitrogens is 1. The van der Waals surface area contributed by atoms with Gasteiger partial charge in [0.2, 0.25) is 0 Å². The number of carbonyl (C=O) groups is 1. The Balaban J connectivity index is 1.51. The van der Waals surface area contributed by atoms with Gasteiger partial charge in [0.25, 0.3) is 0 Å². The molecule has 1 aromatic heterocycles. The van der Waals surface area contributed by atoms with Gasteiger partial charge in [-0.15, -0.1) is 0 Å². The highest BCUT2D eigenvalue weighted by molar-refractivity contribution is 5.78. The highest BCUT2D eigenvalue weighted by Gasteiger charge is 2.45. The Kier molecular flexibility index (Phi) is 2.82. The molecule has 21 heavy (non-hydrogen) atoms. The fourth-order valence-corrected chi connectivity index (χ4v) is 3.58. The number of fused-ring (bicyclic) bond motifs is 3. The maximum Gasteiger partial charge on any atom is 0.407 e. The van der Waals surface area contributed by atoms with Crippen molar-refractivity contribution in [2.45, 2.75) is 25.0 Å². The number of benzene rings is 1. The molecule has 0 radical (unpaired) electrons. The molecule has 0 aliphatic carbocycles. The monoisotopic (exact) mass is 283 g/mol. The van der Waals surface area contributed by atoms with Crippen molar-refractivity contribution in [2.75, 3.05) is 13.1 Å². The number of amides is 1. The van der Waals surface area contributed by atoms with Gasteiger partial charge in [-0.25, -0.2) is 4.79 Å². The third-order valence-corrected chi connectivity index (χ3v) is 4.62. The van der Waals surface area contributed by atoms with Crippen molar-refractivity contribution in [3.63, 3.8) is 0 Å². The molecule has 1 amide bonds. The van der Waals surface area contributed by atoms with E-state index in [2.05, 4.69) is 23.1 Å². The lowest BCUT2D eigenvalue weighted by Crippen LogP contribution is -2.47. The Bertz CT molecular complexity index is 703. The van der Waals surface area contributed by atoms with Gasteiger partial charge in [0, 0.05) is 37.1 Å². The van der Waals surface area contributed by atoms with Crippen molar-refractivity contribution in [2.24, 2.45) is 0 Å². The molecule has 1 aromatic carbocycles. The Morgan fingerprint density at radius 3 is 2.81 bits per heavy atom. The van der Waals surface area contributed by atoms with E-state index >= 15 is 0 Å². The smallest absolute Gasteiger partial charge is 0.407 e. The third-order valence-electron chi connectivity index (χ3n) is 4.62. The quantitative estimate of drug-likeness (QED) is 0.917. The highest BCUT2D eigenvalue weighted by Crippen LogP contribution is 2.31. The van der Waals surface area contributed by atoms with E-state index in [4.69, 9.17) is 10.1 Å². The van der Waals surface area contributed by atoms with Crippen molar-refractivity contribution in [1.29, 1.82) is 0 Å². The molecule has 5 heteroatoms. The first kappa shape index (κ1) is 12.6. The van der Waals surface area contributed by atoms with Crippen LogP contribution in [-0.4, -0.2) is 51.2 Å². The van der Waals surface area contributed by atoms with E-state index in [1.54, 1.807) is 4.90 Å². The molecule has 2 fully saturated rings. The Morgan fingerprint density at radius 2 is 2.05 bits per heavy atom. The molecule has 0 saturated carbocycles. The van der Waals surface area contributed by atoms with Crippen LogP contribution in [0, 0.1) is 0 Å². The fraction of sp³-hybridized carbons (Fsp3) is 0.375. The summed E-state index contributed by atoms with van der Waals surface area (Å²) in [6, 6.07) is 12.8. The maximum atomic E-state index is 11.1. The highest BCUT2D eigenvalue weighted by atomic mass is 16.4. The summed E-state index contributed by atoms with van der Waals surface area (Å²) in [6.45, 7) is 2.26. The lowest BCUT2D eigenvalue weighted by Gasteiger charge is -2.32. The normalized spacial score (nSPS) is 24.9.